The van der Waals surface area contributed by atoms with Crippen molar-refractivity contribution in [3.63, 3.8) is 0 Å². The average Bonchev–Trinajstić information content (AvgIpc) is 2.72. The van der Waals surface area contributed by atoms with E-state index in [4.69, 9.17) is 9.47 Å². The van der Waals surface area contributed by atoms with Gasteiger partial charge in [-0.05, 0) is 19.9 Å². The van der Waals surface area contributed by atoms with Gasteiger partial charge in [0.05, 0.1) is 12.3 Å². The van der Waals surface area contributed by atoms with Gasteiger partial charge in [-0.2, -0.15) is 0 Å². The second-order valence-electron chi connectivity index (χ2n) is 4.19. The number of aromatic nitrogens is 2. The van der Waals surface area contributed by atoms with Gasteiger partial charge in [0.2, 0.25) is 0 Å². The fraction of sp³-hybridized carbons (Fsp3) is 0.769. The number of hydrogen-bond donors (Lipinski definition) is 1. The predicted molar refractivity (Wildman–Crippen MR) is 71.7 cm³/mol. The van der Waals surface area contributed by atoms with Gasteiger partial charge < -0.3 is 19.4 Å². The Morgan fingerprint density at radius 2 is 2.17 bits per heavy atom. The van der Waals surface area contributed by atoms with Gasteiger partial charge in [-0.3, -0.25) is 0 Å². The highest BCUT2D eigenvalue weighted by atomic mass is 16.5. The molecule has 0 aromatic carbocycles. The summed E-state index contributed by atoms with van der Waals surface area (Å²) in [6.45, 7) is 9.06. The van der Waals surface area contributed by atoms with Crippen LogP contribution in [0.4, 0.5) is 0 Å². The van der Waals surface area contributed by atoms with Crippen LogP contribution >= 0.6 is 0 Å². The van der Waals surface area contributed by atoms with Gasteiger partial charge in [0.15, 0.2) is 0 Å². The largest absolute Gasteiger partial charge is 0.385 e. The molecule has 1 N–H and O–H groups in total. The van der Waals surface area contributed by atoms with E-state index in [1.807, 2.05) is 13.1 Å². The number of nitrogens with one attached hydrogen (secondary N) is 1. The minimum atomic E-state index is 0.722. The smallest absolute Gasteiger partial charge is 0.105 e. The van der Waals surface area contributed by atoms with E-state index >= 15 is 0 Å². The molecule has 0 fully saturated rings. The molecule has 0 unspecified atom stereocenters. The van der Waals surface area contributed by atoms with Crippen LogP contribution in [0.2, 0.25) is 0 Å². The standard InChI is InChI=1S/C13H25N3O2/c1-4-14-10-13-11-15-12(2)16(13)6-9-18-8-5-7-17-3/h11,14H,4-10H2,1-3H3. The molecule has 18 heavy (non-hydrogen) atoms. The molecule has 0 radical (unpaired) electrons. The van der Waals surface area contributed by atoms with Crippen molar-refractivity contribution in [2.75, 3.05) is 33.5 Å². The van der Waals surface area contributed by atoms with E-state index in [1.54, 1.807) is 7.11 Å². The molecule has 0 aliphatic carbocycles. The third-order valence-electron chi connectivity index (χ3n) is 2.79. The first-order valence-electron chi connectivity index (χ1n) is 6.58. The average molecular weight is 255 g/mol. The minimum absolute atomic E-state index is 0.722. The summed E-state index contributed by atoms with van der Waals surface area (Å²) in [6, 6.07) is 0. The van der Waals surface area contributed by atoms with Crippen molar-refractivity contribution in [1.29, 1.82) is 0 Å². The number of ether oxygens (including phenoxy) is 2. The summed E-state index contributed by atoms with van der Waals surface area (Å²) in [4.78, 5) is 4.35. The van der Waals surface area contributed by atoms with E-state index in [0.29, 0.717) is 0 Å². The molecule has 0 spiro atoms. The van der Waals surface area contributed by atoms with Gasteiger partial charge in [-0.15, -0.1) is 0 Å². The minimum Gasteiger partial charge on any atom is -0.385 e. The Labute approximate surface area is 109 Å². The highest BCUT2D eigenvalue weighted by Crippen LogP contribution is 2.04. The molecule has 1 heterocycles. The van der Waals surface area contributed by atoms with E-state index < -0.39 is 0 Å². The number of rotatable bonds is 10. The molecule has 0 aliphatic heterocycles. The number of hydrogen-bond acceptors (Lipinski definition) is 4. The quantitative estimate of drug-likeness (QED) is 0.641. The molecule has 0 amide bonds. The lowest BCUT2D eigenvalue weighted by Gasteiger charge is -2.11. The van der Waals surface area contributed by atoms with E-state index in [1.165, 1.54) is 5.69 Å². The van der Waals surface area contributed by atoms with Gasteiger partial charge in [-0.1, -0.05) is 6.92 Å². The van der Waals surface area contributed by atoms with Crippen molar-refractivity contribution in [1.82, 2.24) is 14.9 Å². The van der Waals surface area contributed by atoms with Gasteiger partial charge in [0.25, 0.3) is 0 Å². The molecule has 1 aromatic rings. The predicted octanol–water partition coefficient (Wildman–Crippen LogP) is 1.35. The summed E-state index contributed by atoms with van der Waals surface area (Å²) in [7, 11) is 1.71. The van der Waals surface area contributed by atoms with Crippen LogP contribution in [0.5, 0.6) is 0 Å². The second-order valence-corrected chi connectivity index (χ2v) is 4.19. The molecule has 1 rings (SSSR count). The zero-order valence-corrected chi connectivity index (χ0v) is 11.7. The van der Waals surface area contributed by atoms with Crippen LogP contribution in [0.1, 0.15) is 24.9 Å². The van der Waals surface area contributed by atoms with Gasteiger partial charge in [-0.25, -0.2) is 4.98 Å². The monoisotopic (exact) mass is 255 g/mol. The van der Waals surface area contributed by atoms with Crippen molar-refractivity contribution in [2.24, 2.45) is 0 Å². The highest BCUT2D eigenvalue weighted by molar-refractivity contribution is 5.04. The molecule has 0 bridgehead atoms. The zero-order valence-electron chi connectivity index (χ0n) is 11.7. The van der Waals surface area contributed by atoms with E-state index in [-0.39, 0.29) is 0 Å². The maximum Gasteiger partial charge on any atom is 0.105 e. The number of methoxy groups -OCH3 is 1. The van der Waals surface area contributed by atoms with E-state index in [0.717, 1.165) is 51.7 Å². The molecular weight excluding hydrogens is 230 g/mol. The Hall–Kier alpha value is -0.910. The topological polar surface area (TPSA) is 48.3 Å². The Morgan fingerprint density at radius 1 is 1.33 bits per heavy atom. The number of imidazole rings is 1. The van der Waals surface area contributed by atoms with Crippen molar-refractivity contribution in [3.8, 4) is 0 Å². The normalized spacial score (nSPS) is 11.1. The lowest BCUT2D eigenvalue weighted by molar-refractivity contribution is 0.0970. The van der Waals surface area contributed by atoms with Crippen molar-refractivity contribution in [2.45, 2.75) is 33.4 Å². The molecule has 1 aromatic heterocycles. The number of aryl methyl sites for hydroxylation is 1. The first kappa shape index (κ1) is 15.1. The molecule has 0 saturated carbocycles. The summed E-state index contributed by atoms with van der Waals surface area (Å²) in [6.07, 6.45) is 2.88. The van der Waals surface area contributed by atoms with Crippen LogP contribution in [0.15, 0.2) is 6.20 Å². The lowest BCUT2D eigenvalue weighted by Crippen LogP contribution is -2.18. The highest BCUT2D eigenvalue weighted by Gasteiger charge is 2.05. The van der Waals surface area contributed by atoms with Crippen LogP contribution in [0.3, 0.4) is 0 Å². The SMILES string of the molecule is CCNCc1cnc(C)n1CCOCCCOC. The van der Waals surface area contributed by atoms with Crippen LogP contribution in [0.25, 0.3) is 0 Å². The van der Waals surface area contributed by atoms with E-state index in [9.17, 15) is 0 Å². The summed E-state index contributed by atoms with van der Waals surface area (Å²) >= 11 is 0. The van der Waals surface area contributed by atoms with Gasteiger partial charge >= 0.3 is 0 Å². The zero-order chi connectivity index (χ0) is 13.2. The van der Waals surface area contributed by atoms with Crippen LogP contribution in [0, 0.1) is 6.92 Å². The van der Waals surface area contributed by atoms with Gasteiger partial charge in [0.1, 0.15) is 5.82 Å². The Bertz CT molecular complexity index is 326. The molecule has 104 valence electrons. The van der Waals surface area contributed by atoms with Crippen LogP contribution < -0.4 is 5.32 Å². The first-order valence-corrected chi connectivity index (χ1v) is 6.58. The summed E-state index contributed by atoms with van der Waals surface area (Å²) < 4.78 is 12.8. The molecule has 0 aliphatic rings. The Balaban J connectivity index is 2.29. The van der Waals surface area contributed by atoms with Crippen LogP contribution in [-0.2, 0) is 22.6 Å². The van der Waals surface area contributed by atoms with Crippen molar-refractivity contribution < 1.29 is 9.47 Å². The molecule has 5 heteroatoms. The first-order chi connectivity index (χ1) is 8.79. The fourth-order valence-corrected chi connectivity index (χ4v) is 1.78. The Morgan fingerprint density at radius 3 is 2.89 bits per heavy atom. The second kappa shape index (κ2) is 9.08. The van der Waals surface area contributed by atoms with E-state index in [2.05, 4.69) is 21.8 Å². The van der Waals surface area contributed by atoms with Crippen LogP contribution in [-0.4, -0.2) is 43.0 Å². The summed E-state index contributed by atoms with van der Waals surface area (Å²) in [5.74, 6) is 1.04. The van der Waals surface area contributed by atoms with Gasteiger partial charge in [0, 0.05) is 39.6 Å². The molecule has 0 saturated heterocycles. The number of nitrogens with zero attached hydrogens (tertiary/aromatic N) is 2. The fourth-order valence-electron chi connectivity index (χ4n) is 1.78. The third kappa shape index (κ3) is 5.16. The van der Waals surface area contributed by atoms with Crippen molar-refractivity contribution >= 4 is 0 Å². The maximum atomic E-state index is 5.57. The molecular formula is C13H25N3O2. The lowest BCUT2D eigenvalue weighted by atomic mass is 10.4. The Kier molecular flexibility index (Phi) is 7.64. The molecule has 0 atom stereocenters. The maximum absolute atomic E-state index is 5.57. The third-order valence-corrected chi connectivity index (χ3v) is 2.79. The summed E-state index contributed by atoms with van der Waals surface area (Å²) in [5.41, 5.74) is 1.22. The summed E-state index contributed by atoms with van der Waals surface area (Å²) in [5, 5.41) is 3.32. The molecule has 5 nitrogen and oxygen atoms in total. The van der Waals surface area contributed by atoms with Crippen molar-refractivity contribution in [3.05, 3.63) is 17.7 Å².